The Labute approximate surface area is 148 Å². The van der Waals surface area contributed by atoms with E-state index < -0.39 is 11.9 Å². The van der Waals surface area contributed by atoms with Gasteiger partial charge in [0.25, 0.3) is 0 Å². The molecule has 1 aromatic rings. The number of nitrogens with one attached hydrogen (secondary N) is 2. The van der Waals surface area contributed by atoms with E-state index in [1.807, 2.05) is 6.92 Å². The number of alkyl halides is 3. The van der Waals surface area contributed by atoms with E-state index in [-0.39, 0.29) is 30.5 Å². The number of guanidine groups is 1. The lowest BCUT2D eigenvalue weighted by molar-refractivity contribution is -0.140. The third kappa shape index (κ3) is 8.13. The molecule has 0 aliphatic heterocycles. The van der Waals surface area contributed by atoms with Crippen LogP contribution in [0.2, 0.25) is 0 Å². The van der Waals surface area contributed by atoms with Gasteiger partial charge in [-0.15, -0.1) is 35.3 Å². The molecule has 1 aromatic heterocycles. The topological polar surface area (TPSA) is 58.5 Å². The lowest BCUT2D eigenvalue weighted by atomic mass is 10.4. The zero-order valence-corrected chi connectivity index (χ0v) is 15.5. The molecule has 0 bridgehead atoms. The van der Waals surface area contributed by atoms with E-state index in [0.717, 1.165) is 23.1 Å². The van der Waals surface area contributed by atoms with Crippen LogP contribution < -0.4 is 10.6 Å². The predicted octanol–water partition coefficient (Wildman–Crippen LogP) is 2.87. The number of aromatic nitrogens is 1. The maximum atomic E-state index is 12.4. The van der Waals surface area contributed by atoms with Gasteiger partial charge in [-0.2, -0.15) is 13.2 Å². The maximum Gasteiger partial charge on any atom is 0.434 e. The Hall–Kier alpha value is -0.620. The zero-order valence-electron chi connectivity index (χ0n) is 12.4. The summed E-state index contributed by atoms with van der Waals surface area (Å²) in [6.07, 6.45) is -3.59. The van der Waals surface area contributed by atoms with Crippen LogP contribution in [-0.2, 0) is 17.5 Å². The predicted molar refractivity (Wildman–Crippen MR) is 91.8 cm³/mol. The minimum Gasteiger partial charge on any atom is -0.385 e. The molecule has 1 rings (SSSR count). The van der Waals surface area contributed by atoms with Gasteiger partial charge in [0, 0.05) is 32.2 Å². The van der Waals surface area contributed by atoms with Gasteiger partial charge in [-0.05, 0) is 13.3 Å². The summed E-state index contributed by atoms with van der Waals surface area (Å²) in [5.41, 5.74) is -0.865. The van der Waals surface area contributed by atoms with Crippen molar-refractivity contribution >= 4 is 41.3 Å². The largest absolute Gasteiger partial charge is 0.434 e. The van der Waals surface area contributed by atoms with Crippen LogP contribution in [0.3, 0.4) is 0 Å². The standard InChI is InChI=1S/C12H19F3N4OS.HI/c1-3-16-11(17-5-4-6-20-2)18-7-10-19-9(8-21-10)12(13,14)15;/h8H,3-7H2,1-2H3,(H2,16,17,18);1H. The minimum atomic E-state index is -4.40. The molecule has 1 heterocycles. The molecular weight excluding hydrogens is 432 g/mol. The van der Waals surface area contributed by atoms with Crippen molar-refractivity contribution in [3.8, 4) is 0 Å². The van der Waals surface area contributed by atoms with Crippen LogP contribution in [0.1, 0.15) is 24.0 Å². The first kappa shape index (κ1) is 21.4. The fraction of sp³-hybridized carbons (Fsp3) is 0.667. The van der Waals surface area contributed by atoms with Gasteiger partial charge in [0.05, 0.1) is 6.54 Å². The van der Waals surface area contributed by atoms with Crippen molar-refractivity contribution in [2.75, 3.05) is 26.8 Å². The highest BCUT2D eigenvalue weighted by Gasteiger charge is 2.33. The molecule has 0 unspecified atom stereocenters. The van der Waals surface area contributed by atoms with Crippen molar-refractivity contribution in [1.29, 1.82) is 0 Å². The molecule has 22 heavy (non-hydrogen) atoms. The Morgan fingerprint density at radius 1 is 1.41 bits per heavy atom. The zero-order chi connectivity index (χ0) is 15.7. The fourth-order valence-corrected chi connectivity index (χ4v) is 2.15. The van der Waals surface area contributed by atoms with Gasteiger partial charge in [-0.25, -0.2) is 9.98 Å². The lowest BCUT2D eigenvalue weighted by Crippen LogP contribution is -2.38. The molecule has 2 N–H and O–H groups in total. The maximum absolute atomic E-state index is 12.4. The first-order valence-electron chi connectivity index (χ1n) is 6.50. The summed E-state index contributed by atoms with van der Waals surface area (Å²) in [7, 11) is 1.62. The molecule has 0 aliphatic rings. The molecule has 0 aliphatic carbocycles. The summed E-state index contributed by atoms with van der Waals surface area (Å²) in [6, 6.07) is 0. The van der Waals surface area contributed by atoms with Crippen LogP contribution in [0.15, 0.2) is 10.4 Å². The number of nitrogens with zero attached hydrogens (tertiary/aromatic N) is 2. The van der Waals surface area contributed by atoms with Crippen LogP contribution >= 0.6 is 35.3 Å². The molecule has 10 heteroatoms. The summed E-state index contributed by atoms with van der Waals surface area (Å²) in [4.78, 5) is 7.75. The molecule has 0 atom stereocenters. The monoisotopic (exact) mass is 452 g/mol. The fourth-order valence-electron chi connectivity index (χ4n) is 1.43. The molecule has 0 amide bonds. The van der Waals surface area contributed by atoms with Gasteiger partial charge in [0.2, 0.25) is 0 Å². The second-order valence-electron chi connectivity index (χ2n) is 4.09. The third-order valence-corrected chi connectivity index (χ3v) is 3.21. The average molecular weight is 452 g/mol. The van der Waals surface area contributed by atoms with Crippen molar-refractivity contribution in [2.24, 2.45) is 4.99 Å². The lowest BCUT2D eigenvalue weighted by Gasteiger charge is -2.10. The second kappa shape index (κ2) is 11.0. The third-order valence-electron chi connectivity index (χ3n) is 2.38. The molecule has 0 aromatic carbocycles. The molecule has 0 fully saturated rings. The van der Waals surface area contributed by atoms with Gasteiger partial charge in [-0.3, -0.25) is 0 Å². The number of rotatable bonds is 7. The first-order valence-corrected chi connectivity index (χ1v) is 7.38. The Bertz CT molecular complexity index is 454. The summed E-state index contributed by atoms with van der Waals surface area (Å²) >= 11 is 0.955. The van der Waals surface area contributed by atoms with E-state index >= 15 is 0 Å². The van der Waals surface area contributed by atoms with Crippen LogP contribution in [0.25, 0.3) is 0 Å². The van der Waals surface area contributed by atoms with E-state index in [9.17, 15) is 13.2 Å². The minimum absolute atomic E-state index is 0. The highest BCUT2D eigenvalue weighted by Crippen LogP contribution is 2.30. The molecule has 128 valence electrons. The number of aliphatic imine (C=N–C) groups is 1. The Balaban J connectivity index is 0.00000441. The number of hydrogen-bond donors (Lipinski definition) is 2. The molecule has 5 nitrogen and oxygen atoms in total. The van der Waals surface area contributed by atoms with E-state index in [1.54, 1.807) is 7.11 Å². The Morgan fingerprint density at radius 2 is 2.14 bits per heavy atom. The first-order chi connectivity index (χ1) is 9.97. The average Bonchev–Trinajstić information content (AvgIpc) is 2.89. The van der Waals surface area contributed by atoms with Gasteiger partial charge in [0.1, 0.15) is 5.01 Å². The highest BCUT2D eigenvalue weighted by molar-refractivity contribution is 14.0. The summed E-state index contributed by atoms with van der Waals surface area (Å²) < 4.78 is 42.2. The smallest absolute Gasteiger partial charge is 0.385 e. The van der Waals surface area contributed by atoms with Crippen molar-refractivity contribution in [3.05, 3.63) is 16.1 Å². The molecule has 0 radical (unpaired) electrons. The van der Waals surface area contributed by atoms with Gasteiger partial charge >= 0.3 is 6.18 Å². The molecular formula is C12H20F3IN4OS. The Kier molecular flexibility index (Phi) is 10.7. The molecule has 0 spiro atoms. The van der Waals surface area contributed by atoms with Gasteiger partial charge in [-0.1, -0.05) is 0 Å². The van der Waals surface area contributed by atoms with E-state index in [2.05, 4.69) is 20.6 Å². The molecule has 0 saturated carbocycles. The van der Waals surface area contributed by atoms with Crippen LogP contribution in [-0.4, -0.2) is 37.7 Å². The van der Waals surface area contributed by atoms with Crippen molar-refractivity contribution in [1.82, 2.24) is 15.6 Å². The van der Waals surface area contributed by atoms with Gasteiger partial charge in [0.15, 0.2) is 11.7 Å². The summed E-state index contributed by atoms with van der Waals surface area (Å²) in [6.45, 7) is 4.00. The summed E-state index contributed by atoms with van der Waals surface area (Å²) in [5.74, 6) is 0.553. The van der Waals surface area contributed by atoms with Crippen molar-refractivity contribution < 1.29 is 17.9 Å². The Morgan fingerprint density at radius 3 is 2.68 bits per heavy atom. The van der Waals surface area contributed by atoms with E-state index in [4.69, 9.17) is 4.74 Å². The number of hydrogen-bond acceptors (Lipinski definition) is 4. The van der Waals surface area contributed by atoms with E-state index in [0.29, 0.717) is 30.7 Å². The number of ether oxygens (including phenoxy) is 1. The number of methoxy groups -OCH3 is 1. The van der Waals surface area contributed by atoms with Crippen molar-refractivity contribution in [2.45, 2.75) is 26.1 Å². The van der Waals surface area contributed by atoms with Crippen LogP contribution in [0, 0.1) is 0 Å². The molecule has 0 saturated heterocycles. The van der Waals surface area contributed by atoms with E-state index in [1.165, 1.54) is 0 Å². The summed E-state index contributed by atoms with van der Waals surface area (Å²) in [5, 5.41) is 7.43. The second-order valence-corrected chi connectivity index (χ2v) is 5.04. The van der Waals surface area contributed by atoms with Crippen LogP contribution in [0.4, 0.5) is 13.2 Å². The van der Waals surface area contributed by atoms with Gasteiger partial charge < -0.3 is 15.4 Å². The SMILES string of the molecule is CCNC(=NCc1nc(C(F)(F)F)cs1)NCCCOC.I. The quantitative estimate of drug-likeness (QED) is 0.289. The normalized spacial score (nSPS) is 12.0. The number of thiazole rings is 1. The van der Waals surface area contributed by atoms with Crippen molar-refractivity contribution in [3.63, 3.8) is 0 Å². The highest BCUT2D eigenvalue weighted by atomic mass is 127. The van der Waals surface area contributed by atoms with Crippen LogP contribution in [0.5, 0.6) is 0 Å². The number of halogens is 4.